The van der Waals surface area contributed by atoms with Crippen molar-refractivity contribution in [2.75, 3.05) is 27.7 Å². The highest BCUT2D eigenvalue weighted by Gasteiger charge is 2.64. The molecular formula is C32H46N2O2. The molecule has 4 fully saturated rings. The molecule has 1 saturated heterocycles. The summed E-state index contributed by atoms with van der Waals surface area (Å²) in [6, 6.07) is 9.02. The Morgan fingerprint density at radius 1 is 1.08 bits per heavy atom. The summed E-state index contributed by atoms with van der Waals surface area (Å²) in [4.78, 5) is 17.9. The van der Waals surface area contributed by atoms with E-state index >= 15 is 0 Å². The van der Waals surface area contributed by atoms with Gasteiger partial charge in [-0.05, 0) is 118 Å². The molecule has 1 aliphatic heterocycles. The maximum Gasteiger partial charge on any atom is 0.226 e. The molecule has 1 amide bonds. The number of hydrogen-bond acceptors (Lipinski definition) is 3. The van der Waals surface area contributed by atoms with Crippen LogP contribution in [0.1, 0.15) is 70.8 Å². The number of carbonyl (C=O) groups excluding carboxylic acids is 1. The molecule has 0 radical (unpaired) electrons. The van der Waals surface area contributed by atoms with Gasteiger partial charge in [-0.3, -0.25) is 4.79 Å². The van der Waals surface area contributed by atoms with Gasteiger partial charge in [0.05, 0.1) is 13.5 Å². The van der Waals surface area contributed by atoms with Gasteiger partial charge >= 0.3 is 0 Å². The highest BCUT2D eigenvalue weighted by atomic mass is 16.5. The maximum absolute atomic E-state index is 13.2. The van der Waals surface area contributed by atoms with E-state index in [1.165, 1.54) is 45.1 Å². The fourth-order valence-corrected chi connectivity index (χ4v) is 10.0. The number of amides is 1. The number of methoxy groups -OCH3 is 1. The van der Waals surface area contributed by atoms with Gasteiger partial charge in [-0.1, -0.05) is 30.7 Å². The number of likely N-dealkylation sites (tertiary alicyclic amines) is 1. The number of likely N-dealkylation sites (N-methyl/N-ethyl adjacent to an activating group) is 1. The lowest BCUT2D eigenvalue weighted by Gasteiger charge is -2.58. The Kier molecular flexibility index (Phi) is 6.06. The highest BCUT2D eigenvalue weighted by molar-refractivity contribution is 5.79. The molecule has 1 aromatic carbocycles. The third kappa shape index (κ3) is 3.61. The predicted octanol–water partition coefficient (Wildman–Crippen LogP) is 5.96. The first kappa shape index (κ1) is 24.5. The highest BCUT2D eigenvalue weighted by Crippen LogP contribution is 2.68. The van der Waals surface area contributed by atoms with Crippen molar-refractivity contribution in [1.29, 1.82) is 0 Å². The van der Waals surface area contributed by atoms with Gasteiger partial charge in [0.2, 0.25) is 5.91 Å². The van der Waals surface area contributed by atoms with Gasteiger partial charge in [-0.25, -0.2) is 0 Å². The standard InChI is InChI=1S/C32H46N2O2/c1-21-27-12-13-29-26-11-8-23-19-24(34(4)30(35)18-22-6-9-25(36-5)10-7-22)14-16-31(23,2)28(26)15-17-32(27,29)20-33(21)3/h6-10,21,24,26-29H,11-20H2,1-5H3. The third-order valence-electron chi connectivity index (χ3n) is 12.1. The molecule has 3 saturated carbocycles. The number of carbonyl (C=O) groups is 1. The molecule has 1 heterocycles. The number of rotatable bonds is 4. The summed E-state index contributed by atoms with van der Waals surface area (Å²) >= 11 is 0. The Bertz CT molecular complexity index is 1030. The molecule has 4 aliphatic carbocycles. The van der Waals surface area contributed by atoms with Crippen LogP contribution in [0.2, 0.25) is 0 Å². The summed E-state index contributed by atoms with van der Waals surface area (Å²) in [7, 11) is 6.08. The predicted molar refractivity (Wildman–Crippen MR) is 145 cm³/mol. The second-order valence-electron chi connectivity index (χ2n) is 13.3. The van der Waals surface area contributed by atoms with Crippen molar-refractivity contribution in [3.8, 4) is 5.75 Å². The number of ether oxygens (including phenoxy) is 1. The minimum absolute atomic E-state index is 0.235. The van der Waals surface area contributed by atoms with Crippen LogP contribution >= 0.6 is 0 Å². The van der Waals surface area contributed by atoms with Crippen LogP contribution in [0.4, 0.5) is 0 Å². The molecule has 196 valence electrons. The van der Waals surface area contributed by atoms with E-state index in [-0.39, 0.29) is 5.91 Å². The number of nitrogens with zero attached hydrogens (tertiary/aromatic N) is 2. The van der Waals surface area contributed by atoms with E-state index in [1.807, 2.05) is 31.3 Å². The number of fused-ring (bicyclic) bond motifs is 4. The molecule has 5 aliphatic rings. The quantitative estimate of drug-likeness (QED) is 0.489. The fraction of sp³-hybridized carbons (Fsp3) is 0.719. The van der Waals surface area contributed by atoms with E-state index in [2.05, 4.69) is 36.8 Å². The molecule has 4 nitrogen and oxygen atoms in total. The SMILES string of the molecule is COc1ccc(CC(=O)N(C)C2CCC3(C)C(=CCC4C3CCC35CN(C)C(C)C3CCC45)C2)cc1. The van der Waals surface area contributed by atoms with Crippen LogP contribution in [0.3, 0.4) is 0 Å². The Morgan fingerprint density at radius 3 is 2.58 bits per heavy atom. The lowest BCUT2D eigenvalue weighted by molar-refractivity contribution is -0.132. The summed E-state index contributed by atoms with van der Waals surface area (Å²) in [5.41, 5.74) is 3.68. The normalized spacial score (nSPS) is 41.5. The summed E-state index contributed by atoms with van der Waals surface area (Å²) in [6.45, 7) is 6.42. The van der Waals surface area contributed by atoms with E-state index in [1.54, 1.807) is 12.7 Å². The summed E-state index contributed by atoms with van der Waals surface area (Å²) in [5.74, 6) is 4.64. The molecule has 4 heteroatoms. The second-order valence-corrected chi connectivity index (χ2v) is 13.3. The fourth-order valence-electron chi connectivity index (χ4n) is 10.0. The smallest absolute Gasteiger partial charge is 0.226 e. The van der Waals surface area contributed by atoms with Crippen molar-refractivity contribution in [1.82, 2.24) is 9.80 Å². The molecule has 0 N–H and O–H groups in total. The molecule has 1 spiro atoms. The first-order valence-electron chi connectivity index (χ1n) is 14.5. The summed E-state index contributed by atoms with van der Waals surface area (Å²) in [5, 5.41) is 0. The number of benzene rings is 1. The summed E-state index contributed by atoms with van der Waals surface area (Å²) in [6.07, 6.45) is 13.6. The average Bonchev–Trinajstić information content (AvgIpc) is 3.37. The van der Waals surface area contributed by atoms with Gasteiger partial charge in [0.1, 0.15) is 5.75 Å². The van der Waals surface area contributed by atoms with Crippen LogP contribution in [-0.2, 0) is 11.2 Å². The lowest BCUT2D eigenvalue weighted by Crippen LogP contribution is -2.53. The Morgan fingerprint density at radius 2 is 1.83 bits per heavy atom. The second kappa shape index (κ2) is 8.89. The van der Waals surface area contributed by atoms with E-state index in [4.69, 9.17) is 4.74 Å². The Labute approximate surface area is 218 Å². The number of allylic oxidation sites excluding steroid dienone is 1. The zero-order valence-corrected chi connectivity index (χ0v) is 23.1. The summed E-state index contributed by atoms with van der Waals surface area (Å²) < 4.78 is 5.26. The zero-order chi connectivity index (χ0) is 25.2. The Hall–Kier alpha value is -1.81. The molecule has 8 atom stereocenters. The van der Waals surface area contributed by atoms with E-state index in [0.29, 0.717) is 23.3 Å². The van der Waals surface area contributed by atoms with Crippen molar-refractivity contribution >= 4 is 5.91 Å². The van der Waals surface area contributed by atoms with Gasteiger partial charge in [0, 0.05) is 25.7 Å². The van der Waals surface area contributed by atoms with Gasteiger partial charge < -0.3 is 14.5 Å². The zero-order valence-electron chi connectivity index (χ0n) is 23.1. The van der Waals surface area contributed by atoms with Gasteiger partial charge in [0.15, 0.2) is 0 Å². The minimum atomic E-state index is 0.235. The van der Waals surface area contributed by atoms with Crippen molar-refractivity contribution in [2.45, 2.75) is 83.7 Å². The molecular weight excluding hydrogens is 444 g/mol. The topological polar surface area (TPSA) is 32.8 Å². The van der Waals surface area contributed by atoms with Crippen molar-refractivity contribution < 1.29 is 9.53 Å². The van der Waals surface area contributed by atoms with Gasteiger partial charge in [0.25, 0.3) is 0 Å². The molecule has 0 aromatic heterocycles. The van der Waals surface area contributed by atoms with E-state index in [9.17, 15) is 4.79 Å². The first-order valence-corrected chi connectivity index (χ1v) is 14.5. The first-order chi connectivity index (χ1) is 17.3. The molecule has 36 heavy (non-hydrogen) atoms. The van der Waals surface area contributed by atoms with E-state index in [0.717, 1.165) is 53.9 Å². The lowest BCUT2D eigenvalue weighted by atomic mass is 9.47. The largest absolute Gasteiger partial charge is 0.497 e. The molecule has 1 aromatic rings. The number of hydrogen-bond donors (Lipinski definition) is 0. The van der Waals surface area contributed by atoms with Gasteiger partial charge in [-0.15, -0.1) is 0 Å². The molecule has 8 unspecified atom stereocenters. The van der Waals surface area contributed by atoms with Crippen LogP contribution in [0.15, 0.2) is 35.9 Å². The van der Waals surface area contributed by atoms with E-state index < -0.39 is 0 Å². The van der Waals surface area contributed by atoms with Gasteiger partial charge in [-0.2, -0.15) is 0 Å². The van der Waals surface area contributed by atoms with Crippen LogP contribution in [0.25, 0.3) is 0 Å². The van der Waals surface area contributed by atoms with Crippen molar-refractivity contribution in [3.63, 3.8) is 0 Å². The molecule has 6 rings (SSSR count). The third-order valence-corrected chi connectivity index (χ3v) is 12.1. The maximum atomic E-state index is 13.2. The minimum Gasteiger partial charge on any atom is -0.497 e. The van der Waals surface area contributed by atoms with Crippen LogP contribution in [0.5, 0.6) is 5.75 Å². The monoisotopic (exact) mass is 490 g/mol. The average molecular weight is 491 g/mol. The van der Waals surface area contributed by atoms with Crippen LogP contribution in [-0.4, -0.2) is 55.5 Å². The molecule has 0 bridgehead atoms. The Balaban J connectivity index is 1.15. The van der Waals surface area contributed by atoms with Crippen LogP contribution < -0.4 is 4.74 Å². The van der Waals surface area contributed by atoms with Crippen molar-refractivity contribution in [3.05, 3.63) is 41.5 Å². The van der Waals surface area contributed by atoms with Crippen molar-refractivity contribution in [2.24, 2.45) is 34.5 Å². The van der Waals surface area contributed by atoms with Crippen LogP contribution in [0, 0.1) is 34.5 Å².